The van der Waals surface area contributed by atoms with Crippen molar-refractivity contribution in [1.82, 2.24) is 20.7 Å². The van der Waals surface area contributed by atoms with E-state index < -0.39 is 0 Å². The number of likely N-dealkylation sites (N-methyl/N-ethyl adjacent to an activating group) is 1. The number of hydrogen-bond donors (Lipinski definition) is 2. The van der Waals surface area contributed by atoms with Gasteiger partial charge in [-0.2, -0.15) is 0 Å². The van der Waals surface area contributed by atoms with Crippen molar-refractivity contribution in [2.45, 2.75) is 39.8 Å². The Morgan fingerprint density at radius 2 is 1.89 bits per heavy atom. The van der Waals surface area contributed by atoms with Crippen LogP contribution in [0, 0.1) is 5.82 Å². The highest BCUT2D eigenvalue weighted by atomic mass is 127. The zero-order valence-corrected chi connectivity index (χ0v) is 19.4. The third-order valence-corrected chi connectivity index (χ3v) is 4.41. The highest BCUT2D eigenvalue weighted by molar-refractivity contribution is 14.0. The second kappa shape index (κ2) is 12.7. The van der Waals surface area contributed by atoms with Crippen LogP contribution in [0.2, 0.25) is 0 Å². The van der Waals surface area contributed by atoms with Crippen LogP contribution in [0.3, 0.4) is 0 Å². The summed E-state index contributed by atoms with van der Waals surface area (Å²) in [7, 11) is 3.80. The van der Waals surface area contributed by atoms with Crippen LogP contribution < -0.4 is 10.6 Å². The Hall–Kier alpha value is -1.68. The molecule has 156 valence electrons. The fraction of sp³-hybridized carbons (Fsp3) is 0.500. The molecule has 1 aromatic carbocycles. The molecule has 0 spiro atoms. The first kappa shape index (κ1) is 24.4. The lowest BCUT2D eigenvalue weighted by molar-refractivity contribution is 0.331. The first-order valence-corrected chi connectivity index (χ1v) is 9.41. The molecule has 28 heavy (non-hydrogen) atoms. The lowest BCUT2D eigenvalue weighted by Crippen LogP contribution is -2.40. The molecule has 2 N–H and O–H groups in total. The molecule has 0 radical (unpaired) electrons. The van der Waals surface area contributed by atoms with Gasteiger partial charge in [0.15, 0.2) is 5.96 Å². The molecule has 0 atom stereocenters. The summed E-state index contributed by atoms with van der Waals surface area (Å²) in [4.78, 5) is 6.45. The summed E-state index contributed by atoms with van der Waals surface area (Å²) >= 11 is 0. The Labute approximate surface area is 184 Å². The van der Waals surface area contributed by atoms with Gasteiger partial charge in [-0.1, -0.05) is 31.1 Å². The zero-order valence-electron chi connectivity index (χ0n) is 17.1. The van der Waals surface area contributed by atoms with Crippen molar-refractivity contribution in [1.29, 1.82) is 0 Å². The number of benzene rings is 1. The molecule has 0 fully saturated rings. The molecule has 0 saturated heterocycles. The van der Waals surface area contributed by atoms with E-state index in [-0.39, 0.29) is 29.8 Å². The first-order valence-electron chi connectivity index (χ1n) is 9.41. The Balaban J connectivity index is 0.00000392. The van der Waals surface area contributed by atoms with Gasteiger partial charge >= 0.3 is 0 Å². The van der Waals surface area contributed by atoms with Gasteiger partial charge in [0.25, 0.3) is 0 Å². The molecule has 6 nitrogen and oxygen atoms in total. The Morgan fingerprint density at radius 3 is 2.50 bits per heavy atom. The van der Waals surface area contributed by atoms with Crippen molar-refractivity contribution < 1.29 is 8.91 Å². The average molecular weight is 503 g/mol. The van der Waals surface area contributed by atoms with Gasteiger partial charge in [0.1, 0.15) is 11.6 Å². The summed E-state index contributed by atoms with van der Waals surface area (Å²) in [6.07, 6.45) is 1.67. The second-order valence-corrected chi connectivity index (χ2v) is 6.45. The van der Waals surface area contributed by atoms with Crippen molar-refractivity contribution in [2.24, 2.45) is 4.99 Å². The van der Waals surface area contributed by atoms with Gasteiger partial charge in [-0.15, -0.1) is 24.0 Å². The molecule has 0 aliphatic heterocycles. The zero-order chi connectivity index (χ0) is 19.6. The molecule has 2 aromatic rings. The molecule has 0 amide bonds. The Kier molecular flexibility index (Phi) is 11.1. The van der Waals surface area contributed by atoms with E-state index in [1.165, 1.54) is 12.1 Å². The minimum atomic E-state index is -0.205. The van der Waals surface area contributed by atoms with Crippen LogP contribution >= 0.6 is 24.0 Å². The van der Waals surface area contributed by atoms with Crippen molar-refractivity contribution >= 4 is 29.9 Å². The summed E-state index contributed by atoms with van der Waals surface area (Å²) < 4.78 is 18.4. The van der Waals surface area contributed by atoms with Crippen molar-refractivity contribution in [2.75, 3.05) is 27.2 Å². The summed E-state index contributed by atoms with van der Waals surface area (Å²) in [6, 6.07) is 6.62. The van der Waals surface area contributed by atoms with E-state index in [1.54, 1.807) is 7.05 Å². The highest BCUT2D eigenvalue weighted by Gasteiger charge is 2.13. The standard InChI is InChI=1S/C20H30FN5O.HI/c1-5-18-17(19(6-2)27-25-18)13-24-20(22-3)23-11-12-26(4)14-15-7-9-16(21)10-8-15;/h7-10H,5-6,11-14H2,1-4H3,(H2,22,23,24);1H. The van der Waals surface area contributed by atoms with Gasteiger partial charge in [-0.05, 0) is 31.2 Å². The smallest absolute Gasteiger partial charge is 0.191 e. The van der Waals surface area contributed by atoms with E-state index in [2.05, 4.69) is 39.5 Å². The number of aliphatic imine (C=N–C) groups is 1. The summed E-state index contributed by atoms with van der Waals surface area (Å²) in [6.45, 7) is 7.14. The maximum atomic E-state index is 13.0. The summed E-state index contributed by atoms with van der Waals surface area (Å²) in [5.41, 5.74) is 3.21. The van der Waals surface area contributed by atoms with E-state index in [0.717, 1.165) is 61.0 Å². The van der Waals surface area contributed by atoms with Gasteiger partial charge in [0, 0.05) is 45.2 Å². The molecular formula is C20H31FIN5O. The van der Waals surface area contributed by atoms with Crippen LogP contribution in [0.5, 0.6) is 0 Å². The molecule has 0 saturated carbocycles. The van der Waals surface area contributed by atoms with Gasteiger partial charge < -0.3 is 20.1 Å². The number of rotatable bonds is 9. The third kappa shape index (κ3) is 7.38. The Morgan fingerprint density at radius 1 is 1.18 bits per heavy atom. The van der Waals surface area contributed by atoms with Crippen LogP contribution in [0.25, 0.3) is 0 Å². The molecule has 0 aliphatic carbocycles. The minimum Gasteiger partial charge on any atom is -0.361 e. The van der Waals surface area contributed by atoms with E-state index in [9.17, 15) is 4.39 Å². The summed E-state index contributed by atoms with van der Waals surface area (Å²) in [5.74, 6) is 1.47. The van der Waals surface area contributed by atoms with Gasteiger partial charge in [-0.3, -0.25) is 4.99 Å². The second-order valence-electron chi connectivity index (χ2n) is 6.45. The average Bonchev–Trinajstić information content (AvgIpc) is 3.08. The highest BCUT2D eigenvalue weighted by Crippen LogP contribution is 2.15. The molecule has 8 heteroatoms. The van der Waals surface area contributed by atoms with Crippen LogP contribution in [-0.2, 0) is 25.9 Å². The molecule has 0 aliphatic rings. The molecule has 1 aromatic heterocycles. The molecular weight excluding hydrogens is 472 g/mol. The number of nitrogens with one attached hydrogen (secondary N) is 2. The number of aromatic nitrogens is 1. The number of guanidine groups is 1. The number of aryl methyl sites for hydroxylation is 2. The maximum absolute atomic E-state index is 13.0. The van der Waals surface area contributed by atoms with E-state index in [0.29, 0.717) is 6.54 Å². The van der Waals surface area contributed by atoms with Crippen molar-refractivity contribution in [3.05, 3.63) is 52.7 Å². The molecule has 2 rings (SSSR count). The monoisotopic (exact) mass is 503 g/mol. The van der Waals surface area contributed by atoms with Crippen LogP contribution in [0.15, 0.2) is 33.8 Å². The van der Waals surface area contributed by atoms with Crippen molar-refractivity contribution in [3.8, 4) is 0 Å². The minimum absolute atomic E-state index is 0. The largest absolute Gasteiger partial charge is 0.361 e. The topological polar surface area (TPSA) is 65.7 Å². The summed E-state index contributed by atoms with van der Waals surface area (Å²) in [5, 5.41) is 10.8. The van der Waals surface area contributed by atoms with E-state index in [1.807, 2.05) is 19.2 Å². The Bertz CT molecular complexity index is 711. The SMILES string of the molecule is CCc1noc(CC)c1CNC(=NC)NCCN(C)Cc1ccc(F)cc1.I. The van der Waals surface area contributed by atoms with Gasteiger partial charge in [-0.25, -0.2) is 4.39 Å². The first-order chi connectivity index (χ1) is 13.1. The van der Waals surface area contributed by atoms with Crippen LogP contribution in [0.4, 0.5) is 4.39 Å². The third-order valence-electron chi connectivity index (χ3n) is 4.41. The van der Waals surface area contributed by atoms with Crippen LogP contribution in [0.1, 0.15) is 36.4 Å². The predicted octanol–water partition coefficient (Wildman–Crippen LogP) is 3.35. The van der Waals surface area contributed by atoms with Gasteiger partial charge in [0.05, 0.1) is 5.69 Å². The maximum Gasteiger partial charge on any atom is 0.191 e. The molecule has 1 heterocycles. The fourth-order valence-corrected chi connectivity index (χ4v) is 2.88. The van der Waals surface area contributed by atoms with Crippen molar-refractivity contribution in [3.63, 3.8) is 0 Å². The number of hydrogen-bond acceptors (Lipinski definition) is 4. The lowest BCUT2D eigenvalue weighted by atomic mass is 10.1. The van der Waals surface area contributed by atoms with Crippen LogP contribution in [-0.4, -0.2) is 43.2 Å². The van der Waals surface area contributed by atoms with E-state index in [4.69, 9.17) is 4.52 Å². The number of halogens is 2. The van der Waals surface area contributed by atoms with Gasteiger partial charge in [0.2, 0.25) is 0 Å². The quantitative estimate of drug-likeness (QED) is 0.312. The predicted molar refractivity (Wildman–Crippen MR) is 122 cm³/mol. The molecule has 0 unspecified atom stereocenters. The molecule has 0 bridgehead atoms. The fourth-order valence-electron chi connectivity index (χ4n) is 2.88. The lowest BCUT2D eigenvalue weighted by Gasteiger charge is -2.18. The number of nitrogens with zero attached hydrogens (tertiary/aromatic N) is 3. The van der Waals surface area contributed by atoms with E-state index >= 15 is 0 Å². The normalized spacial score (nSPS) is 11.4.